The molecule has 74 valence electrons. The van der Waals surface area contributed by atoms with Crippen LogP contribution >= 0.6 is 11.8 Å². The normalized spacial score (nSPS) is 26.1. The summed E-state index contributed by atoms with van der Waals surface area (Å²) in [5.41, 5.74) is 0. The standard InChI is InChI=1S/C10H18N2S/c1-8(9-4-2-5-9)12-10-11-6-3-7-13-10/h8-9H,2-7H2,1H3,(H,11,12). The number of amidine groups is 1. The third kappa shape index (κ3) is 2.39. The molecule has 1 fully saturated rings. The summed E-state index contributed by atoms with van der Waals surface area (Å²) in [5, 5.41) is 4.72. The van der Waals surface area contributed by atoms with Gasteiger partial charge in [0.05, 0.1) is 0 Å². The van der Waals surface area contributed by atoms with Crippen molar-refractivity contribution in [2.45, 2.75) is 38.6 Å². The fourth-order valence-electron chi connectivity index (χ4n) is 1.80. The van der Waals surface area contributed by atoms with Gasteiger partial charge in [0.15, 0.2) is 5.17 Å². The van der Waals surface area contributed by atoms with Crippen molar-refractivity contribution in [1.29, 1.82) is 0 Å². The lowest BCUT2D eigenvalue weighted by Crippen LogP contribution is -2.40. The minimum absolute atomic E-state index is 0.637. The molecule has 0 spiro atoms. The highest BCUT2D eigenvalue weighted by molar-refractivity contribution is 8.13. The highest BCUT2D eigenvalue weighted by atomic mass is 32.2. The quantitative estimate of drug-likeness (QED) is 0.736. The van der Waals surface area contributed by atoms with E-state index in [1.165, 1.54) is 36.6 Å². The number of aliphatic imine (C=N–C) groups is 1. The monoisotopic (exact) mass is 198 g/mol. The first-order valence-corrected chi connectivity index (χ1v) is 6.28. The maximum atomic E-state index is 4.48. The molecule has 1 aliphatic heterocycles. The SMILES string of the molecule is CC(NC1=NCCCS1)C1CCC1. The second-order valence-electron chi connectivity index (χ2n) is 4.01. The fraction of sp³-hybridized carbons (Fsp3) is 0.900. The van der Waals surface area contributed by atoms with Gasteiger partial charge in [0, 0.05) is 18.3 Å². The minimum atomic E-state index is 0.637. The first kappa shape index (κ1) is 9.38. The molecule has 0 aromatic rings. The van der Waals surface area contributed by atoms with Crippen molar-refractivity contribution < 1.29 is 0 Å². The third-order valence-electron chi connectivity index (χ3n) is 3.00. The first-order chi connectivity index (χ1) is 6.36. The molecule has 2 nitrogen and oxygen atoms in total. The predicted octanol–water partition coefficient (Wildman–Crippen LogP) is 2.26. The van der Waals surface area contributed by atoms with Crippen LogP contribution in [-0.4, -0.2) is 23.5 Å². The second kappa shape index (κ2) is 4.36. The summed E-state index contributed by atoms with van der Waals surface area (Å²) in [5.74, 6) is 2.15. The van der Waals surface area contributed by atoms with Crippen molar-refractivity contribution in [2.24, 2.45) is 10.9 Å². The Morgan fingerprint density at radius 2 is 2.31 bits per heavy atom. The molecule has 0 radical (unpaired) electrons. The van der Waals surface area contributed by atoms with E-state index in [9.17, 15) is 0 Å². The van der Waals surface area contributed by atoms with E-state index in [0.29, 0.717) is 6.04 Å². The Balaban J connectivity index is 1.78. The van der Waals surface area contributed by atoms with E-state index in [1.54, 1.807) is 0 Å². The summed E-state index contributed by atoms with van der Waals surface area (Å²) in [6.07, 6.45) is 5.49. The van der Waals surface area contributed by atoms with Gasteiger partial charge in [0.1, 0.15) is 0 Å². The maximum absolute atomic E-state index is 4.48. The zero-order chi connectivity index (χ0) is 9.10. The molecule has 1 unspecified atom stereocenters. The van der Waals surface area contributed by atoms with Gasteiger partial charge in [-0.05, 0) is 32.1 Å². The van der Waals surface area contributed by atoms with Crippen LogP contribution in [0.3, 0.4) is 0 Å². The van der Waals surface area contributed by atoms with Crippen molar-refractivity contribution in [3.63, 3.8) is 0 Å². The molecular weight excluding hydrogens is 180 g/mol. The maximum Gasteiger partial charge on any atom is 0.156 e. The Hall–Kier alpha value is -0.180. The highest BCUT2D eigenvalue weighted by Crippen LogP contribution is 2.29. The summed E-state index contributed by atoms with van der Waals surface area (Å²) >= 11 is 1.88. The van der Waals surface area contributed by atoms with E-state index >= 15 is 0 Å². The fourth-order valence-corrected chi connectivity index (χ4v) is 2.72. The first-order valence-electron chi connectivity index (χ1n) is 5.30. The molecule has 0 bridgehead atoms. The van der Waals surface area contributed by atoms with Crippen molar-refractivity contribution in [1.82, 2.24) is 5.32 Å². The summed E-state index contributed by atoms with van der Waals surface area (Å²) in [6.45, 7) is 3.31. The van der Waals surface area contributed by atoms with Crippen LogP contribution in [0.5, 0.6) is 0 Å². The number of thioether (sulfide) groups is 1. The van der Waals surface area contributed by atoms with Crippen molar-refractivity contribution >= 4 is 16.9 Å². The lowest BCUT2D eigenvalue weighted by atomic mass is 9.80. The molecule has 0 saturated heterocycles. The van der Waals surface area contributed by atoms with Crippen LogP contribution < -0.4 is 5.32 Å². The number of nitrogens with zero attached hydrogens (tertiary/aromatic N) is 1. The minimum Gasteiger partial charge on any atom is -0.362 e. The molecule has 1 aliphatic carbocycles. The average molecular weight is 198 g/mol. The van der Waals surface area contributed by atoms with Crippen LogP contribution in [0, 0.1) is 5.92 Å². The van der Waals surface area contributed by atoms with E-state index in [0.717, 1.165) is 12.5 Å². The Bertz CT molecular complexity index is 199. The van der Waals surface area contributed by atoms with Crippen LogP contribution in [0.4, 0.5) is 0 Å². The van der Waals surface area contributed by atoms with Gasteiger partial charge in [-0.3, -0.25) is 4.99 Å². The lowest BCUT2D eigenvalue weighted by molar-refractivity contribution is 0.259. The number of rotatable bonds is 2. The second-order valence-corrected chi connectivity index (χ2v) is 5.10. The third-order valence-corrected chi connectivity index (χ3v) is 4.02. The molecule has 0 aromatic carbocycles. The Morgan fingerprint density at radius 1 is 1.46 bits per heavy atom. The molecule has 1 atom stereocenters. The molecule has 1 heterocycles. The number of hydrogen-bond acceptors (Lipinski definition) is 3. The Kier molecular flexibility index (Phi) is 3.14. The summed E-state index contributed by atoms with van der Waals surface area (Å²) in [6, 6.07) is 0.637. The number of nitrogens with one attached hydrogen (secondary N) is 1. The van der Waals surface area contributed by atoms with Gasteiger partial charge >= 0.3 is 0 Å². The highest BCUT2D eigenvalue weighted by Gasteiger charge is 2.24. The van der Waals surface area contributed by atoms with E-state index in [-0.39, 0.29) is 0 Å². The average Bonchev–Trinajstić information content (AvgIpc) is 2.02. The zero-order valence-electron chi connectivity index (χ0n) is 8.25. The number of hydrogen-bond donors (Lipinski definition) is 1. The molecule has 0 amide bonds. The predicted molar refractivity (Wildman–Crippen MR) is 59.3 cm³/mol. The van der Waals surface area contributed by atoms with Crippen molar-refractivity contribution in [3.8, 4) is 0 Å². The molecule has 0 aromatic heterocycles. The van der Waals surface area contributed by atoms with E-state index in [2.05, 4.69) is 17.2 Å². The van der Waals surface area contributed by atoms with Crippen LogP contribution in [0.2, 0.25) is 0 Å². The molecule has 3 heteroatoms. The van der Waals surface area contributed by atoms with Crippen molar-refractivity contribution in [2.75, 3.05) is 12.3 Å². The van der Waals surface area contributed by atoms with E-state index in [4.69, 9.17) is 0 Å². The van der Waals surface area contributed by atoms with E-state index in [1.807, 2.05) is 11.8 Å². The Labute approximate surface area is 84.6 Å². The molecule has 1 N–H and O–H groups in total. The zero-order valence-corrected chi connectivity index (χ0v) is 9.07. The van der Waals surface area contributed by atoms with Gasteiger partial charge in [0.2, 0.25) is 0 Å². The van der Waals surface area contributed by atoms with Gasteiger partial charge in [-0.2, -0.15) is 0 Å². The van der Waals surface area contributed by atoms with E-state index < -0.39 is 0 Å². The van der Waals surface area contributed by atoms with Crippen LogP contribution in [0.15, 0.2) is 4.99 Å². The van der Waals surface area contributed by atoms with Gasteiger partial charge in [0.25, 0.3) is 0 Å². The molecular formula is C10H18N2S. The lowest BCUT2D eigenvalue weighted by Gasteiger charge is -2.33. The van der Waals surface area contributed by atoms with Crippen LogP contribution in [0.25, 0.3) is 0 Å². The largest absolute Gasteiger partial charge is 0.362 e. The van der Waals surface area contributed by atoms with Gasteiger partial charge < -0.3 is 5.32 Å². The Morgan fingerprint density at radius 3 is 2.85 bits per heavy atom. The summed E-state index contributed by atoms with van der Waals surface area (Å²) in [7, 11) is 0. The smallest absolute Gasteiger partial charge is 0.156 e. The van der Waals surface area contributed by atoms with Gasteiger partial charge in [-0.1, -0.05) is 18.2 Å². The van der Waals surface area contributed by atoms with Gasteiger partial charge in [-0.15, -0.1) is 0 Å². The summed E-state index contributed by atoms with van der Waals surface area (Å²) in [4.78, 5) is 4.48. The van der Waals surface area contributed by atoms with Crippen LogP contribution in [0.1, 0.15) is 32.6 Å². The molecule has 1 saturated carbocycles. The van der Waals surface area contributed by atoms with Crippen LogP contribution in [-0.2, 0) is 0 Å². The molecule has 13 heavy (non-hydrogen) atoms. The molecule has 2 aliphatic rings. The summed E-state index contributed by atoms with van der Waals surface area (Å²) < 4.78 is 0. The van der Waals surface area contributed by atoms with Crippen molar-refractivity contribution in [3.05, 3.63) is 0 Å². The topological polar surface area (TPSA) is 24.4 Å². The molecule has 2 rings (SSSR count). The van der Waals surface area contributed by atoms with Gasteiger partial charge in [-0.25, -0.2) is 0 Å².